The monoisotopic (exact) mass is 516 g/mol. The smallest absolute Gasteiger partial charge is 0.240 e. The minimum absolute atomic E-state index is 0. The Kier molecular flexibility index (Phi) is 10.2. The molecule has 0 aromatic heterocycles. The van der Waals surface area contributed by atoms with Gasteiger partial charge in [-0.25, -0.2) is 13.1 Å². The van der Waals surface area contributed by atoms with E-state index in [0.717, 1.165) is 32.1 Å². The van der Waals surface area contributed by atoms with Gasteiger partial charge in [0.15, 0.2) is 5.96 Å². The summed E-state index contributed by atoms with van der Waals surface area (Å²) in [6.45, 7) is 3.12. The molecule has 1 fully saturated rings. The lowest BCUT2D eigenvalue weighted by Gasteiger charge is -2.24. The number of nitrogens with one attached hydrogen (secondary N) is 2. The maximum atomic E-state index is 12.2. The SMILES string of the molecule is CN=C(NCCNS(=O)(=O)c1cccc(Cl)c1)N(C)CC1CCOC1.I. The summed E-state index contributed by atoms with van der Waals surface area (Å²) in [4.78, 5) is 6.42. The highest BCUT2D eigenvalue weighted by Crippen LogP contribution is 2.15. The van der Waals surface area contributed by atoms with Crippen molar-refractivity contribution in [2.24, 2.45) is 10.9 Å². The zero-order chi connectivity index (χ0) is 18.3. The molecule has 0 radical (unpaired) electrons. The quantitative estimate of drug-likeness (QED) is 0.250. The first-order valence-electron chi connectivity index (χ1n) is 8.17. The summed E-state index contributed by atoms with van der Waals surface area (Å²) < 4.78 is 32.4. The predicted molar refractivity (Wildman–Crippen MR) is 115 cm³/mol. The lowest BCUT2D eigenvalue weighted by Crippen LogP contribution is -2.44. The highest BCUT2D eigenvalue weighted by atomic mass is 127. The average Bonchev–Trinajstić information content (AvgIpc) is 3.07. The Bertz CT molecular complexity index is 696. The van der Waals surface area contributed by atoms with Crippen LogP contribution in [0.5, 0.6) is 0 Å². The van der Waals surface area contributed by atoms with Crippen LogP contribution in [0.3, 0.4) is 0 Å². The van der Waals surface area contributed by atoms with Gasteiger partial charge in [-0.15, -0.1) is 24.0 Å². The van der Waals surface area contributed by atoms with Crippen LogP contribution in [0.15, 0.2) is 34.2 Å². The minimum Gasteiger partial charge on any atom is -0.381 e. The molecular formula is C16H26ClIN4O3S. The largest absolute Gasteiger partial charge is 0.381 e. The molecule has 1 aromatic rings. The van der Waals surface area contributed by atoms with Gasteiger partial charge in [-0.3, -0.25) is 4.99 Å². The molecule has 0 spiro atoms. The van der Waals surface area contributed by atoms with Crippen LogP contribution in [-0.4, -0.2) is 66.2 Å². The molecule has 1 heterocycles. The Morgan fingerprint density at radius 3 is 2.81 bits per heavy atom. The third kappa shape index (κ3) is 7.18. The van der Waals surface area contributed by atoms with Crippen molar-refractivity contribution in [3.05, 3.63) is 29.3 Å². The van der Waals surface area contributed by atoms with Crippen LogP contribution in [-0.2, 0) is 14.8 Å². The van der Waals surface area contributed by atoms with E-state index in [-0.39, 0.29) is 35.4 Å². The molecule has 1 aromatic carbocycles. The third-order valence-corrected chi connectivity index (χ3v) is 5.63. The Balaban J connectivity index is 0.00000338. The molecule has 148 valence electrons. The molecule has 1 aliphatic rings. The molecule has 2 rings (SSSR count). The van der Waals surface area contributed by atoms with Crippen LogP contribution in [0.2, 0.25) is 5.02 Å². The standard InChI is InChI=1S/C16H25ClN4O3S.HI/c1-18-16(21(2)11-13-6-9-24-12-13)19-7-8-20-25(22,23)15-5-3-4-14(17)10-15;/h3-5,10,13,20H,6-9,11-12H2,1-2H3,(H,18,19);1H. The van der Waals surface area contributed by atoms with Crippen molar-refractivity contribution < 1.29 is 13.2 Å². The second-order valence-electron chi connectivity index (χ2n) is 5.94. The lowest BCUT2D eigenvalue weighted by atomic mass is 10.1. The van der Waals surface area contributed by atoms with Gasteiger partial charge in [0.05, 0.1) is 11.5 Å². The van der Waals surface area contributed by atoms with E-state index in [1.54, 1.807) is 19.2 Å². The van der Waals surface area contributed by atoms with Crippen molar-refractivity contribution in [1.29, 1.82) is 0 Å². The van der Waals surface area contributed by atoms with E-state index >= 15 is 0 Å². The van der Waals surface area contributed by atoms with Crippen LogP contribution in [0, 0.1) is 5.92 Å². The first kappa shape index (κ1) is 23.4. The number of aliphatic imine (C=N–C) groups is 1. The van der Waals surface area contributed by atoms with Gasteiger partial charge in [0.1, 0.15) is 0 Å². The summed E-state index contributed by atoms with van der Waals surface area (Å²) in [5.41, 5.74) is 0. The maximum Gasteiger partial charge on any atom is 0.240 e. The number of nitrogens with zero attached hydrogens (tertiary/aromatic N) is 2. The van der Waals surface area contributed by atoms with Crippen LogP contribution >= 0.6 is 35.6 Å². The first-order valence-corrected chi connectivity index (χ1v) is 10.0. The zero-order valence-electron chi connectivity index (χ0n) is 14.9. The predicted octanol–water partition coefficient (Wildman–Crippen LogP) is 1.78. The molecule has 10 heteroatoms. The van der Waals surface area contributed by atoms with E-state index in [2.05, 4.69) is 15.0 Å². The van der Waals surface area contributed by atoms with Gasteiger partial charge in [-0.2, -0.15) is 0 Å². The fraction of sp³-hybridized carbons (Fsp3) is 0.562. The van der Waals surface area contributed by atoms with E-state index in [1.165, 1.54) is 12.1 Å². The molecule has 1 saturated heterocycles. The summed E-state index contributed by atoms with van der Waals surface area (Å²) in [5, 5.41) is 3.55. The first-order chi connectivity index (χ1) is 11.9. The number of ether oxygens (including phenoxy) is 1. The number of rotatable bonds is 7. The Morgan fingerprint density at radius 2 is 2.19 bits per heavy atom. The van der Waals surface area contributed by atoms with E-state index in [9.17, 15) is 8.42 Å². The molecule has 1 unspecified atom stereocenters. The van der Waals surface area contributed by atoms with E-state index in [1.807, 2.05) is 11.9 Å². The summed E-state index contributed by atoms with van der Waals surface area (Å²) in [5.74, 6) is 1.23. The van der Waals surface area contributed by atoms with Gasteiger partial charge in [0, 0.05) is 51.3 Å². The molecule has 0 amide bonds. The average molecular weight is 517 g/mol. The van der Waals surface area contributed by atoms with Crippen molar-refractivity contribution in [2.45, 2.75) is 11.3 Å². The summed E-state index contributed by atoms with van der Waals surface area (Å²) in [6.07, 6.45) is 1.06. The van der Waals surface area contributed by atoms with Crippen LogP contribution in [0.4, 0.5) is 0 Å². The number of guanidine groups is 1. The Labute approximate surface area is 177 Å². The van der Waals surface area contributed by atoms with Crippen molar-refractivity contribution in [2.75, 3.05) is 46.9 Å². The molecule has 0 saturated carbocycles. The molecule has 7 nitrogen and oxygen atoms in total. The maximum absolute atomic E-state index is 12.2. The van der Waals surface area contributed by atoms with Gasteiger partial charge in [-0.05, 0) is 24.6 Å². The molecule has 2 N–H and O–H groups in total. The lowest BCUT2D eigenvalue weighted by molar-refractivity contribution is 0.181. The van der Waals surface area contributed by atoms with Gasteiger partial charge in [-0.1, -0.05) is 17.7 Å². The topological polar surface area (TPSA) is 83.0 Å². The van der Waals surface area contributed by atoms with Crippen molar-refractivity contribution in [3.8, 4) is 0 Å². The summed E-state index contributed by atoms with van der Waals surface area (Å²) >= 11 is 5.84. The molecule has 26 heavy (non-hydrogen) atoms. The van der Waals surface area contributed by atoms with E-state index in [4.69, 9.17) is 16.3 Å². The van der Waals surface area contributed by atoms with Crippen LogP contribution < -0.4 is 10.0 Å². The molecule has 1 aliphatic heterocycles. The molecule has 0 bridgehead atoms. The fourth-order valence-corrected chi connectivity index (χ4v) is 4.00. The van der Waals surface area contributed by atoms with Crippen molar-refractivity contribution >= 4 is 51.6 Å². The highest BCUT2D eigenvalue weighted by molar-refractivity contribution is 14.0. The van der Waals surface area contributed by atoms with Gasteiger partial charge in [0.25, 0.3) is 0 Å². The second-order valence-corrected chi connectivity index (χ2v) is 8.14. The number of hydrogen-bond donors (Lipinski definition) is 2. The highest BCUT2D eigenvalue weighted by Gasteiger charge is 2.19. The zero-order valence-corrected chi connectivity index (χ0v) is 18.8. The third-order valence-electron chi connectivity index (χ3n) is 3.94. The van der Waals surface area contributed by atoms with E-state index in [0.29, 0.717) is 17.5 Å². The summed E-state index contributed by atoms with van der Waals surface area (Å²) in [6, 6.07) is 6.18. The number of benzene rings is 1. The van der Waals surface area contributed by atoms with Gasteiger partial charge >= 0.3 is 0 Å². The van der Waals surface area contributed by atoms with Gasteiger partial charge in [0.2, 0.25) is 10.0 Å². The second kappa shape index (κ2) is 11.3. The van der Waals surface area contributed by atoms with E-state index < -0.39 is 10.0 Å². The fourth-order valence-electron chi connectivity index (χ4n) is 2.66. The van der Waals surface area contributed by atoms with Crippen molar-refractivity contribution in [1.82, 2.24) is 14.9 Å². The van der Waals surface area contributed by atoms with Gasteiger partial charge < -0.3 is 15.0 Å². The number of halogens is 2. The molecule has 1 atom stereocenters. The van der Waals surface area contributed by atoms with Crippen LogP contribution in [0.1, 0.15) is 6.42 Å². The molecular weight excluding hydrogens is 491 g/mol. The Morgan fingerprint density at radius 1 is 1.42 bits per heavy atom. The molecule has 0 aliphatic carbocycles. The van der Waals surface area contributed by atoms with Crippen molar-refractivity contribution in [3.63, 3.8) is 0 Å². The summed E-state index contributed by atoms with van der Waals surface area (Å²) in [7, 11) is 0.0998. The minimum atomic E-state index is -3.57. The Hall–Kier alpha value is -0.620. The van der Waals surface area contributed by atoms with Crippen LogP contribution in [0.25, 0.3) is 0 Å². The number of hydrogen-bond acceptors (Lipinski definition) is 4. The normalized spacial score (nSPS) is 17.7. The number of sulfonamides is 1.